The molecule has 3 amide bonds. The van der Waals surface area contributed by atoms with Crippen molar-refractivity contribution in [3.63, 3.8) is 0 Å². The van der Waals surface area contributed by atoms with Crippen LogP contribution in [0.15, 0.2) is 54.6 Å². The predicted molar refractivity (Wildman–Crippen MR) is 110 cm³/mol. The molecular weight excluding hydrogens is 396 g/mol. The molecule has 0 bridgehead atoms. The van der Waals surface area contributed by atoms with E-state index in [9.17, 15) is 19.2 Å². The summed E-state index contributed by atoms with van der Waals surface area (Å²) in [7, 11) is 0. The highest BCUT2D eigenvalue weighted by Gasteiger charge is 2.50. The van der Waals surface area contributed by atoms with Gasteiger partial charge in [-0.15, -0.1) is 0 Å². The summed E-state index contributed by atoms with van der Waals surface area (Å²) in [6.45, 7) is 0. The highest BCUT2D eigenvalue weighted by atomic mass is 16.7. The van der Waals surface area contributed by atoms with Crippen molar-refractivity contribution in [1.82, 2.24) is 9.96 Å². The van der Waals surface area contributed by atoms with Crippen LogP contribution >= 0.6 is 0 Å². The third-order valence-corrected chi connectivity index (χ3v) is 6.55. The van der Waals surface area contributed by atoms with Crippen LogP contribution in [0.3, 0.4) is 0 Å². The summed E-state index contributed by atoms with van der Waals surface area (Å²) in [6, 6.07) is 14.3. The number of rotatable bonds is 3. The number of carbonyl (C=O) groups excluding carboxylic acids is 4. The van der Waals surface area contributed by atoms with E-state index in [0.717, 1.165) is 25.7 Å². The van der Waals surface area contributed by atoms with Crippen molar-refractivity contribution in [3.8, 4) is 0 Å². The molecular formula is C24H22N2O5. The van der Waals surface area contributed by atoms with Crippen molar-refractivity contribution < 1.29 is 24.0 Å². The average Bonchev–Trinajstić information content (AvgIpc) is 3.31. The first kappa shape index (κ1) is 19.5. The molecule has 0 unspecified atom stereocenters. The van der Waals surface area contributed by atoms with Gasteiger partial charge in [-0.1, -0.05) is 48.2 Å². The number of hydrogen-bond acceptors (Lipinski definition) is 5. The molecule has 158 valence electrons. The number of hydroxylamine groups is 2. The lowest BCUT2D eigenvalue weighted by molar-refractivity contribution is -0.173. The van der Waals surface area contributed by atoms with Gasteiger partial charge in [0, 0.05) is 11.6 Å². The minimum atomic E-state index is -0.829. The van der Waals surface area contributed by atoms with Gasteiger partial charge in [0.2, 0.25) is 0 Å². The summed E-state index contributed by atoms with van der Waals surface area (Å²) in [5.74, 6) is -2.08. The number of imide groups is 1. The SMILES string of the molecule is O=C(ON1C(=O)c2ccccc2C1=O)[C@@H]1C[C@@H]2CCCC[C@@H]2N1C(=O)c1ccccc1. The molecule has 1 saturated carbocycles. The van der Waals surface area contributed by atoms with Crippen LogP contribution in [0, 0.1) is 5.92 Å². The number of benzene rings is 2. The summed E-state index contributed by atoms with van der Waals surface area (Å²) in [5, 5.41) is 0.528. The fourth-order valence-electron chi connectivity index (χ4n) is 5.09. The van der Waals surface area contributed by atoms with Crippen LogP contribution in [0.1, 0.15) is 63.2 Å². The highest BCUT2D eigenvalue weighted by Crippen LogP contribution is 2.41. The standard InChI is InChI=1S/C24H22N2O5/c27-21(15-8-2-1-3-9-15)25-19-13-7-4-10-16(19)14-20(25)24(30)31-26-22(28)17-11-5-6-12-18(17)23(26)29/h1-3,5-6,8-9,11-12,16,19-20H,4,7,10,13-14H2/t16-,19-,20-/m0/s1. The molecule has 2 aromatic carbocycles. The molecule has 1 aliphatic carbocycles. The Morgan fingerprint density at radius 2 is 1.45 bits per heavy atom. The maximum Gasteiger partial charge on any atom is 0.355 e. The average molecular weight is 418 g/mol. The number of nitrogens with zero attached hydrogens (tertiary/aromatic N) is 2. The van der Waals surface area contributed by atoms with Gasteiger partial charge in [-0.3, -0.25) is 14.4 Å². The van der Waals surface area contributed by atoms with Crippen LogP contribution in [0.25, 0.3) is 0 Å². The smallest absolute Gasteiger partial charge is 0.327 e. The van der Waals surface area contributed by atoms with E-state index < -0.39 is 23.8 Å². The second-order valence-electron chi connectivity index (χ2n) is 8.30. The van der Waals surface area contributed by atoms with Crippen LogP contribution in [-0.4, -0.2) is 45.7 Å². The van der Waals surface area contributed by atoms with E-state index in [0.29, 0.717) is 17.0 Å². The molecule has 2 aromatic rings. The van der Waals surface area contributed by atoms with Crippen molar-refractivity contribution in [3.05, 3.63) is 71.3 Å². The van der Waals surface area contributed by atoms with E-state index in [1.807, 2.05) is 6.07 Å². The van der Waals surface area contributed by atoms with E-state index in [1.165, 1.54) is 12.1 Å². The van der Waals surface area contributed by atoms with Crippen molar-refractivity contribution >= 4 is 23.7 Å². The van der Waals surface area contributed by atoms with Crippen molar-refractivity contribution in [2.24, 2.45) is 5.92 Å². The maximum absolute atomic E-state index is 13.3. The summed E-state index contributed by atoms with van der Waals surface area (Å²) < 4.78 is 0. The molecule has 3 aliphatic rings. The fourth-order valence-corrected chi connectivity index (χ4v) is 5.09. The molecule has 0 spiro atoms. The number of fused-ring (bicyclic) bond motifs is 2. The molecule has 3 atom stereocenters. The van der Waals surface area contributed by atoms with Crippen molar-refractivity contribution in [2.75, 3.05) is 0 Å². The number of amides is 3. The summed E-state index contributed by atoms with van der Waals surface area (Å²) in [6.07, 6.45) is 4.32. The molecule has 0 radical (unpaired) electrons. The topological polar surface area (TPSA) is 84.0 Å². The lowest BCUT2D eigenvalue weighted by Gasteiger charge is -2.33. The van der Waals surface area contributed by atoms with Gasteiger partial charge in [0.25, 0.3) is 17.7 Å². The second kappa shape index (κ2) is 7.65. The van der Waals surface area contributed by atoms with E-state index in [4.69, 9.17) is 4.84 Å². The summed E-state index contributed by atoms with van der Waals surface area (Å²) in [4.78, 5) is 58.6. The molecule has 31 heavy (non-hydrogen) atoms. The Labute approximate surface area is 179 Å². The Balaban J connectivity index is 1.41. The summed E-state index contributed by atoms with van der Waals surface area (Å²) in [5.41, 5.74) is 0.919. The largest absolute Gasteiger partial charge is 0.355 e. The quantitative estimate of drug-likeness (QED) is 0.715. The lowest BCUT2D eigenvalue weighted by atomic mass is 9.84. The molecule has 7 nitrogen and oxygen atoms in total. The van der Waals surface area contributed by atoms with Gasteiger partial charge < -0.3 is 9.74 Å². The van der Waals surface area contributed by atoms with Crippen LogP contribution < -0.4 is 0 Å². The Bertz CT molecular complexity index is 1030. The molecule has 0 N–H and O–H groups in total. The normalized spacial score (nSPS) is 24.7. The second-order valence-corrected chi connectivity index (χ2v) is 8.30. The third-order valence-electron chi connectivity index (χ3n) is 6.55. The molecule has 2 heterocycles. The minimum Gasteiger partial charge on any atom is -0.327 e. The van der Waals surface area contributed by atoms with Crippen LogP contribution in [-0.2, 0) is 9.63 Å². The predicted octanol–water partition coefficient (Wildman–Crippen LogP) is 3.21. The van der Waals surface area contributed by atoms with Crippen LogP contribution in [0.2, 0.25) is 0 Å². The third kappa shape index (κ3) is 3.21. The Morgan fingerprint density at radius 3 is 2.13 bits per heavy atom. The number of likely N-dealkylation sites (tertiary alicyclic amines) is 1. The zero-order valence-corrected chi connectivity index (χ0v) is 16.9. The fraction of sp³-hybridized carbons (Fsp3) is 0.333. The Kier molecular flexibility index (Phi) is 4.81. The van der Waals surface area contributed by atoms with Gasteiger partial charge in [0.15, 0.2) is 0 Å². The molecule has 7 heteroatoms. The van der Waals surface area contributed by atoms with Gasteiger partial charge >= 0.3 is 5.97 Å². The van der Waals surface area contributed by atoms with Gasteiger partial charge in [-0.2, -0.15) is 0 Å². The van der Waals surface area contributed by atoms with Gasteiger partial charge in [0.05, 0.1) is 11.1 Å². The lowest BCUT2D eigenvalue weighted by Crippen LogP contribution is -2.48. The van der Waals surface area contributed by atoms with Crippen molar-refractivity contribution in [1.29, 1.82) is 0 Å². The minimum absolute atomic E-state index is 0.0406. The summed E-state index contributed by atoms with van der Waals surface area (Å²) >= 11 is 0. The zero-order chi connectivity index (χ0) is 21.5. The highest BCUT2D eigenvalue weighted by molar-refractivity contribution is 6.21. The first-order valence-corrected chi connectivity index (χ1v) is 10.6. The Hall–Kier alpha value is -3.48. The van der Waals surface area contributed by atoms with Crippen molar-refractivity contribution in [2.45, 2.75) is 44.2 Å². The molecule has 2 fully saturated rings. The van der Waals surface area contributed by atoms with E-state index in [1.54, 1.807) is 41.3 Å². The molecule has 0 aromatic heterocycles. The van der Waals surface area contributed by atoms with E-state index >= 15 is 0 Å². The molecule has 5 rings (SSSR count). The Morgan fingerprint density at radius 1 is 0.839 bits per heavy atom. The van der Waals surface area contributed by atoms with E-state index in [2.05, 4.69) is 0 Å². The monoisotopic (exact) mass is 418 g/mol. The number of carbonyl (C=O) groups is 4. The van der Waals surface area contributed by atoms with Crippen LogP contribution in [0.4, 0.5) is 0 Å². The van der Waals surface area contributed by atoms with Gasteiger partial charge in [0.1, 0.15) is 6.04 Å². The molecule has 2 aliphatic heterocycles. The first-order chi connectivity index (χ1) is 15.1. The van der Waals surface area contributed by atoms with Crippen LogP contribution in [0.5, 0.6) is 0 Å². The number of hydrogen-bond donors (Lipinski definition) is 0. The molecule has 1 saturated heterocycles. The zero-order valence-electron chi connectivity index (χ0n) is 16.9. The van der Waals surface area contributed by atoms with E-state index in [-0.39, 0.29) is 29.0 Å². The maximum atomic E-state index is 13.3. The first-order valence-electron chi connectivity index (χ1n) is 10.6. The van der Waals surface area contributed by atoms with Gasteiger partial charge in [-0.25, -0.2) is 4.79 Å². The van der Waals surface area contributed by atoms with Gasteiger partial charge in [-0.05, 0) is 49.4 Å².